The molecule has 0 spiro atoms. The largest absolute Gasteiger partial charge is 1.00 e. The second-order valence-electron chi connectivity index (χ2n) is 6.54. The van der Waals surface area contributed by atoms with E-state index in [4.69, 9.17) is 0 Å². The first-order valence-electron chi connectivity index (χ1n) is 7.27. The summed E-state index contributed by atoms with van der Waals surface area (Å²) in [7, 11) is 0. The molecule has 0 amide bonds. The van der Waals surface area contributed by atoms with Crippen LogP contribution in [0.15, 0.2) is 52.1 Å². The summed E-state index contributed by atoms with van der Waals surface area (Å²) < 4.78 is 0.598. The first-order chi connectivity index (χ1) is 9.35. The maximum absolute atomic E-state index is 2.43. The minimum atomic E-state index is 0. The van der Waals surface area contributed by atoms with Crippen molar-refractivity contribution in [2.75, 3.05) is 0 Å². The Balaban J connectivity index is 0.00000121. The summed E-state index contributed by atoms with van der Waals surface area (Å²) in [5.74, 6) is 0. The Morgan fingerprint density at radius 2 is 1.55 bits per heavy atom. The summed E-state index contributed by atoms with van der Waals surface area (Å²) in [5, 5.41) is 0. The smallest absolute Gasteiger partial charge is 1.00 e. The number of allylic oxidation sites excluding steroid dienone is 5. The van der Waals surface area contributed by atoms with Crippen LogP contribution in [0.25, 0.3) is 6.08 Å². The van der Waals surface area contributed by atoms with Crippen molar-refractivity contribution in [3.05, 3.63) is 63.3 Å². The van der Waals surface area contributed by atoms with Gasteiger partial charge in [-0.25, -0.2) is 0 Å². The number of rotatable bonds is 1. The summed E-state index contributed by atoms with van der Waals surface area (Å²) in [4.78, 5) is 0. The summed E-state index contributed by atoms with van der Waals surface area (Å²) in [5.41, 5.74) is 10.8. The molecular formula is C19H21Br2Zr. The van der Waals surface area contributed by atoms with Gasteiger partial charge in [0.2, 0.25) is 0 Å². The fraction of sp³-hybridized carbons (Fsp3) is 0.368. The summed E-state index contributed by atoms with van der Waals surface area (Å²) in [6.45, 7) is 11.6. The molecule has 2 aliphatic carbocycles. The van der Waals surface area contributed by atoms with Crippen LogP contribution in [-0.2, 0) is 24.7 Å². The molecule has 3 heteroatoms. The Labute approximate surface area is 170 Å². The molecule has 0 heterocycles. The zero-order valence-electron chi connectivity index (χ0n) is 13.7. The van der Waals surface area contributed by atoms with E-state index >= 15 is 0 Å². The van der Waals surface area contributed by atoms with Crippen LogP contribution in [0.4, 0.5) is 0 Å². The van der Waals surface area contributed by atoms with Gasteiger partial charge in [-0.3, -0.25) is 0 Å². The second-order valence-corrected chi connectivity index (χ2v) is 7.96. The van der Waals surface area contributed by atoms with E-state index in [1.807, 2.05) is 0 Å². The van der Waals surface area contributed by atoms with Crippen molar-refractivity contribution in [3.63, 3.8) is 0 Å². The molecule has 0 N–H and O–H groups in total. The van der Waals surface area contributed by atoms with Crippen molar-refractivity contribution in [1.29, 1.82) is 0 Å². The van der Waals surface area contributed by atoms with Gasteiger partial charge in [-0.1, -0.05) is 0 Å². The molecule has 0 fully saturated rings. The van der Waals surface area contributed by atoms with Gasteiger partial charge in [0, 0.05) is 0 Å². The molecule has 1 aromatic rings. The van der Waals surface area contributed by atoms with E-state index in [2.05, 4.69) is 65.0 Å². The molecule has 0 bridgehead atoms. The van der Waals surface area contributed by atoms with Crippen LogP contribution >= 0.6 is 0 Å². The SMILES string of the molecule is CC1=C(C)C(C)(C)C(C2=Cc3ccccc3[CH]2[Zr+2])=C1C.[Br-].[Br-]. The number of hydrogen-bond donors (Lipinski definition) is 0. The standard InChI is InChI=1S/C19H21.2BrH.Zr/c1-12-13(2)18(19(4,5)14(12)3)17-10-15-8-6-7-9-16(15)11-17;;;/h6-11H,1-5H3;2*1H;/q;;;+2/p-2. The number of benzene rings is 1. The number of fused-ring (bicyclic) bond motifs is 1. The Morgan fingerprint density at radius 3 is 2.05 bits per heavy atom. The van der Waals surface area contributed by atoms with Gasteiger partial charge in [0.15, 0.2) is 0 Å². The minimum absolute atomic E-state index is 0. The molecule has 1 unspecified atom stereocenters. The van der Waals surface area contributed by atoms with Gasteiger partial charge in [0.25, 0.3) is 0 Å². The summed E-state index contributed by atoms with van der Waals surface area (Å²) >= 11 is 1.59. The molecule has 0 saturated heterocycles. The number of hydrogen-bond acceptors (Lipinski definition) is 0. The maximum Gasteiger partial charge on any atom is -1.00 e. The monoisotopic (exact) mass is 497 g/mol. The van der Waals surface area contributed by atoms with E-state index in [0.29, 0.717) is 3.63 Å². The van der Waals surface area contributed by atoms with Crippen molar-refractivity contribution < 1.29 is 58.7 Å². The quantitative estimate of drug-likeness (QED) is 0.482. The van der Waals surface area contributed by atoms with Crippen LogP contribution in [0.3, 0.4) is 0 Å². The van der Waals surface area contributed by atoms with E-state index in [0.717, 1.165) is 0 Å². The topological polar surface area (TPSA) is 0 Å². The van der Waals surface area contributed by atoms with E-state index in [9.17, 15) is 0 Å². The molecule has 0 aliphatic heterocycles. The molecule has 2 aliphatic rings. The Kier molecular flexibility index (Phi) is 6.50. The molecular weight excluding hydrogens is 479 g/mol. The Hall–Kier alpha value is 0.283. The molecule has 0 radical (unpaired) electrons. The fourth-order valence-corrected chi connectivity index (χ4v) is 4.92. The van der Waals surface area contributed by atoms with E-state index in [1.54, 1.807) is 35.9 Å². The van der Waals surface area contributed by atoms with E-state index < -0.39 is 0 Å². The van der Waals surface area contributed by atoms with Gasteiger partial charge >= 0.3 is 138 Å². The molecule has 1 atom stereocenters. The van der Waals surface area contributed by atoms with Crippen molar-refractivity contribution >= 4 is 6.08 Å². The Bertz CT molecular complexity index is 693. The predicted molar refractivity (Wildman–Crippen MR) is 82.0 cm³/mol. The maximum atomic E-state index is 2.43. The zero-order chi connectivity index (χ0) is 14.7. The molecule has 115 valence electrons. The normalized spacial score (nSPS) is 22.1. The third-order valence-corrected chi connectivity index (χ3v) is 6.81. The molecule has 22 heavy (non-hydrogen) atoms. The van der Waals surface area contributed by atoms with Gasteiger partial charge in [0.1, 0.15) is 0 Å². The van der Waals surface area contributed by atoms with Crippen LogP contribution in [0.2, 0.25) is 0 Å². The summed E-state index contributed by atoms with van der Waals surface area (Å²) in [6, 6.07) is 8.87. The molecule has 1 aromatic carbocycles. The molecule has 0 aromatic heterocycles. The fourth-order valence-electron chi connectivity index (χ4n) is 3.71. The zero-order valence-corrected chi connectivity index (χ0v) is 19.4. The van der Waals surface area contributed by atoms with Crippen LogP contribution < -0.4 is 34.0 Å². The van der Waals surface area contributed by atoms with Crippen molar-refractivity contribution in [2.24, 2.45) is 5.41 Å². The van der Waals surface area contributed by atoms with E-state index in [-0.39, 0.29) is 39.4 Å². The van der Waals surface area contributed by atoms with Crippen molar-refractivity contribution in [1.82, 2.24) is 0 Å². The molecule has 0 nitrogen and oxygen atoms in total. The molecule has 3 rings (SSSR count). The van der Waals surface area contributed by atoms with Gasteiger partial charge in [-0.15, -0.1) is 0 Å². The van der Waals surface area contributed by atoms with Gasteiger partial charge < -0.3 is 34.0 Å². The van der Waals surface area contributed by atoms with Crippen molar-refractivity contribution in [3.8, 4) is 0 Å². The van der Waals surface area contributed by atoms with Crippen LogP contribution in [0.1, 0.15) is 49.4 Å². The second kappa shape index (κ2) is 7.03. The van der Waals surface area contributed by atoms with Crippen LogP contribution in [0, 0.1) is 5.41 Å². The average Bonchev–Trinajstić information content (AvgIpc) is 2.81. The van der Waals surface area contributed by atoms with Crippen molar-refractivity contribution in [2.45, 2.75) is 38.2 Å². The Morgan fingerprint density at radius 1 is 0.955 bits per heavy atom. The first kappa shape index (κ1) is 20.3. The minimum Gasteiger partial charge on any atom is -1.00 e. The van der Waals surface area contributed by atoms with Gasteiger partial charge in [-0.2, -0.15) is 0 Å². The predicted octanol–water partition coefficient (Wildman–Crippen LogP) is -0.628. The summed E-state index contributed by atoms with van der Waals surface area (Å²) in [6.07, 6.45) is 2.43. The van der Waals surface area contributed by atoms with Crippen LogP contribution in [0.5, 0.6) is 0 Å². The van der Waals surface area contributed by atoms with Gasteiger partial charge in [-0.05, 0) is 0 Å². The third-order valence-electron chi connectivity index (χ3n) is 5.28. The molecule has 0 saturated carbocycles. The van der Waals surface area contributed by atoms with E-state index in [1.165, 1.54) is 27.8 Å². The first-order valence-corrected chi connectivity index (χ1v) is 8.69. The number of halogens is 2. The van der Waals surface area contributed by atoms with Gasteiger partial charge in [0.05, 0.1) is 0 Å². The van der Waals surface area contributed by atoms with Crippen LogP contribution in [-0.4, -0.2) is 0 Å². The average molecular weight is 500 g/mol. The third kappa shape index (κ3) is 2.87.